The molecular formula is C20H27N7O4S2. The Kier molecular flexibility index (Phi) is 7.26. The highest BCUT2D eigenvalue weighted by molar-refractivity contribution is 7.99. The molecule has 0 aliphatic carbocycles. The third-order valence-electron chi connectivity index (χ3n) is 4.46. The molecule has 0 aliphatic rings. The highest BCUT2D eigenvalue weighted by atomic mass is 32.2. The van der Waals surface area contributed by atoms with E-state index in [4.69, 9.17) is 15.6 Å². The number of nitrogens with zero attached hydrogens (tertiary/aromatic N) is 4. The summed E-state index contributed by atoms with van der Waals surface area (Å²) in [5.41, 5.74) is 7.74. The van der Waals surface area contributed by atoms with Gasteiger partial charge in [-0.05, 0) is 38.5 Å². The van der Waals surface area contributed by atoms with Crippen molar-refractivity contribution < 1.29 is 17.9 Å². The Bertz CT molecular complexity index is 1250. The van der Waals surface area contributed by atoms with Crippen LogP contribution >= 0.6 is 11.8 Å². The molecule has 3 aromatic rings. The first-order chi connectivity index (χ1) is 15.3. The summed E-state index contributed by atoms with van der Waals surface area (Å²) < 4.78 is 29.9. The third kappa shape index (κ3) is 6.41. The van der Waals surface area contributed by atoms with Crippen molar-refractivity contribution in [1.82, 2.24) is 25.1 Å². The molecule has 0 saturated carbocycles. The predicted octanol–water partition coefficient (Wildman–Crippen LogP) is 1.68. The molecule has 0 radical (unpaired) electrons. The molecule has 1 aromatic carbocycles. The molecule has 0 aliphatic heterocycles. The van der Waals surface area contributed by atoms with Gasteiger partial charge in [0.2, 0.25) is 10.0 Å². The van der Waals surface area contributed by atoms with Gasteiger partial charge in [-0.3, -0.25) is 4.68 Å². The second kappa shape index (κ2) is 9.63. The van der Waals surface area contributed by atoms with E-state index < -0.39 is 27.8 Å². The molecule has 1 atom stereocenters. The van der Waals surface area contributed by atoms with Gasteiger partial charge >= 0.3 is 6.09 Å². The van der Waals surface area contributed by atoms with Crippen LogP contribution in [0.5, 0.6) is 0 Å². The van der Waals surface area contributed by atoms with E-state index >= 15 is 0 Å². The monoisotopic (exact) mass is 493 g/mol. The molecular weight excluding hydrogens is 466 g/mol. The molecule has 13 heteroatoms. The van der Waals surface area contributed by atoms with E-state index in [-0.39, 0.29) is 4.90 Å². The maximum absolute atomic E-state index is 11.8. The first-order valence-corrected chi connectivity index (χ1v) is 12.6. The number of carbonyl (C=O) groups excluding carboxylic acids is 1. The number of sulfonamides is 1. The van der Waals surface area contributed by atoms with Crippen LogP contribution in [0.3, 0.4) is 0 Å². The fourth-order valence-electron chi connectivity index (χ4n) is 2.96. The molecule has 11 nitrogen and oxygen atoms in total. The number of fused-ring (bicyclic) bond motifs is 1. The molecule has 0 fully saturated rings. The van der Waals surface area contributed by atoms with Crippen LogP contribution in [-0.2, 0) is 21.8 Å². The highest BCUT2D eigenvalue weighted by Crippen LogP contribution is 2.28. The molecule has 2 heterocycles. The molecule has 0 bridgehead atoms. The number of carbonyl (C=O) groups is 1. The van der Waals surface area contributed by atoms with Crippen LogP contribution in [0.2, 0.25) is 0 Å². The third-order valence-corrected chi connectivity index (χ3v) is 6.24. The van der Waals surface area contributed by atoms with Gasteiger partial charge in [0.15, 0.2) is 10.8 Å². The molecule has 1 amide bonds. The summed E-state index contributed by atoms with van der Waals surface area (Å²) in [5, 5.41) is 13.3. The van der Waals surface area contributed by atoms with E-state index in [1.807, 2.05) is 0 Å². The quantitative estimate of drug-likeness (QED) is 0.252. The van der Waals surface area contributed by atoms with Crippen molar-refractivity contribution in [3.63, 3.8) is 0 Å². The number of amides is 1. The topological polar surface area (TPSA) is 168 Å². The lowest BCUT2D eigenvalue weighted by atomic mass is 10.0. The van der Waals surface area contributed by atoms with Gasteiger partial charge in [0.25, 0.3) is 0 Å². The Hall–Kier alpha value is -2.74. The maximum atomic E-state index is 11.8. The normalized spacial score (nSPS) is 13.2. The predicted molar refractivity (Wildman–Crippen MR) is 125 cm³/mol. The Labute approximate surface area is 196 Å². The van der Waals surface area contributed by atoms with Crippen molar-refractivity contribution in [2.45, 2.75) is 42.5 Å². The number of thioether (sulfide) groups is 1. The van der Waals surface area contributed by atoms with Crippen LogP contribution in [-0.4, -0.2) is 52.2 Å². The molecule has 178 valence electrons. The molecule has 33 heavy (non-hydrogen) atoms. The molecule has 3 rings (SSSR count). The lowest BCUT2D eigenvalue weighted by Crippen LogP contribution is -2.33. The fourth-order valence-corrected chi connectivity index (χ4v) is 4.17. The number of primary sulfonamides is 1. The van der Waals surface area contributed by atoms with Crippen LogP contribution in [0.4, 0.5) is 4.79 Å². The SMILES string of the molecule is Cn1ncc2c(C(N)c3ccc(S(N)(=O)=O)cc3)nc(SCCNC(=O)OC(C)(C)C)nc21. The second-order valence-electron chi connectivity index (χ2n) is 8.27. The molecule has 5 N–H and O–H groups in total. The number of hydrogen-bond acceptors (Lipinski definition) is 9. The van der Waals surface area contributed by atoms with Crippen LogP contribution in [0.1, 0.15) is 38.1 Å². The zero-order valence-corrected chi connectivity index (χ0v) is 20.4. The Balaban J connectivity index is 1.79. The number of nitrogens with two attached hydrogens (primary N) is 2. The molecule has 1 unspecified atom stereocenters. The second-order valence-corrected chi connectivity index (χ2v) is 10.9. The highest BCUT2D eigenvalue weighted by Gasteiger charge is 2.20. The molecule has 2 aromatic heterocycles. The van der Waals surface area contributed by atoms with Crippen LogP contribution in [0.15, 0.2) is 40.5 Å². The van der Waals surface area contributed by atoms with E-state index in [0.29, 0.717) is 39.7 Å². The van der Waals surface area contributed by atoms with Crippen molar-refractivity contribution in [3.8, 4) is 0 Å². The number of benzene rings is 1. The van der Waals surface area contributed by atoms with E-state index in [0.717, 1.165) is 0 Å². The van der Waals surface area contributed by atoms with Crippen LogP contribution in [0, 0.1) is 0 Å². The number of alkyl carbamates (subject to hydrolysis) is 1. The standard InChI is InChI=1S/C20H27N7O4S2/c1-20(2,3)31-19(28)23-9-10-32-18-25-16(14-11-24-27(4)17(14)26-18)15(21)12-5-7-13(8-6-12)33(22,29)30/h5-8,11,15H,9-10,21H2,1-4H3,(H,23,28)(H2,22,29,30). The van der Waals surface area contributed by atoms with Gasteiger partial charge in [-0.1, -0.05) is 23.9 Å². The molecule has 0 saturated heterocycles. The Morgan fingerprint density at radius 1 is 1.24 bits per heavy atom. The minimum Gasteiger partial charge on any atom is -0.444 e. The molecule has 0 spiro atoms. The van der Waals surface area contributed by atoms with Gasteiger partial charge in [-0.2, -0.15) is 5.10 Å². The maximum Gasteiger partial charge on any atom is 0.407 e. The number of hydrogen-bond donors (Lipinski definition) is 3. The van der Waals surface area contributed by atoms with E-state index in [1.54, 1.807) is 50.8 Å². The fraction of sp³-hybridized carbons (Fsp3) is 0.400. The summed E-state index contributed by atoms with van der Waals surface area (Å²) in [7, 11) is -2.03. The first kappa shape index (κ1) is 24.9. The summed E-state index contributed by atoms with van der Waals surface area (Å²) in [4.78, 5) is 21.0. The Morgan fingerprint density at radius 3 is 2.52 bits per heavy atom. The van der Waals surface area contributed by atoms with Gasteiger partial charge in [-0.15, -0.1) is 0 Å². The first-order valence-electron chi connectivity index (χ1n) is 10.0. The lowest BCUT2D eigenvalue weighted by Gasteiger charge is -2.19. The van der Waals surface area contributed by atoms with Gasteiger partial charge in [0.05, 0.1) is 28.2 Å². The van der Waals surface area contributed by atoms with Crippen molar-refractivity contribution in [3.05, 3.63) is 41.7 Å². The lowest BCUT2D eigenvalue weighted by molar-refractivity contribution is 0.0531. The summed E-state index contributed by atoms with van der Waals surface area (Å²) in [5.74, 6) is 0.514. The number of aromatic nitrogens is 4. The van der Waals surface area contributed by atoms with Gasteiger partial charge < -0.3 is 15.8 Å². The zero-order valence-electron chi connectivity index (χ0n) is 18.8. The van der Waals surface area contributed by atoms with Crippen LogP contribution < -0.4 is 16.2 Å². The number of rotatable bonds is 7. The number of aryl methyl sites for hydroxylation is 1. The Morgan fingerprint density at radius 2 is 1.91 bits per heavy atom. The van der Waals surface area contributed by atoms with Gasteiger partial charge in [0, 0.05) is 19.3 Å². The summed E-state index contributed by atoms with van der Waals surface area (Å²) in [6.07, 6.45) is 1.15. The van der Waals surface area contributed by atoms with Crippen molar-refractivity contribution in [2.75, 3.05) is 12.3 Å². The average molecular weight is 494 g/mol. The van der Waals surface area contributed by atoms with E-state index in [9.17, 15) is 13.2 Å². The van der Waals surface area contributed by atoms with E-state index in [1.165, 1.54) is 23.9 Å². The summed E-state index contributed by atoms with van der Waals surface area (Å²) in [6.45, 7) is 5.76. The van der Waals surface area contributed by atoms with Crippen molar-refractivity contribution in [1.29, 1.82) is 0 Å². The van der Waals surface area contributed by atoms with Crippen molar-refractivity contribution >= 4 is 38.9 Å². The number of nitrogens with one attached hydrogen (secondary N) is 1. The minimum absolute atomic E-state index is 0.00129. The summed E-state index contributed by atoms with van der Waals surface area (Å²) >= 11 is 1.35. The van der Waals surface area contributed by atoms with Crippen molar-refractivity contribution in [2.24, 2.45) is 17.9 Å². The average Bonchev–Trinajstić information content (AvgIpc) is 3.09. The van der Waals surface area contributed by atoms with Gasteiger partial charge in [0.1, 0.15) is 5.60 Å². The zero-order chi connectivity index (χ0) is 24.4. The smallest absolute Gasteiger partial charge is 0.407 e. The minimum atomic E-state index is -3.80. The number of ether oxygens (including phenoxy) is 1. The van der Waals surface area contributed by atoms with Gasteiger partial charge in [-0.25, -0.2) is 28.3 Å². The van der Waals surface area contributed by atoms with Crippen LogP contribution in [0.25, 0.3) is 11.0 Å². The summed E-state index contributed by atoms with van der Waals surface area (Å²) in [6, 6.07) is 5.38. The van der Waals surface area contributed by atoms with E-state index in [2.05, 4.69) is 20.4 Å². The largest absolute Gasteiger partial charge is 0.444 e.